The molecule has 2 rings (SSSR count). The SMILES string of the molecule is CNc1cc(NCC2CCN(C)CC2)ncn1. The van der Waals surface area contributed by atoms with Crippen molar-refractivity contribution in [3.63, 3.8) is 0 Å². The zero-order valence-electron chi connectivity index (χ0n) is 10.6. The van der Waals surface area contributed by atoms with Crippen molar-refractivity contribution in [1.82, 2.24) is 14.9 Å². The number of hydrogen-bond donors (Lipinski definition) is 2. The lowest BCUT2D eigenvalue weighted by Gasteiger charge is -2.29. The van der Waals surface area contributed by atoms with Crippen LogP contribution in [0.15, 0.2) is 12.4 Å². The molecular weight excluding hydrogens is 214 g/mol. The Bertz CT molecular complexity index is 347. The first kappa shape index (κ1) is 12.1. The van der Waals surface area contributed by atoms with E-state index in [4.69, 9.17) is 0 Å². The van der Waals surface area contributed by atoms with E-state index in [1.165, 1.54) is 25.9 Å². The molecular formula is C12H21N5. The Morgan fingerprint density at radius 2 is 2.00 bits per heavy atom. The molecule has 0 amide bonds. The zero-order chi connectivity index (χ0) is 12.1. The van der Waals surface area contributed by atoms with Gasteiger partial charge in [0, 0.05) is 19.7 Å². The fraction of sp³-hybridized carbons (Fsp3) is 0.667. The first-order valence-corrected chi connectivity index (χ1v) is 6.20. The Labute approximate surface area is 103 Å². The molecule has 0 atom stereocenters. The molecule has 0 aromatic carbocycles. The summed E-state index contributed by atoms with van der Waals surface area (Å²) in [7, 11) is 4.05. The molecule has 2 heterocycles. The van der Waals surface area contributed by atoms with Crippen LogP contribution in [0.1, 0.15) is 12.8 Å². The molecule has 0 radical (unpaired) electrons. The number of aromatic nitrogens is 2. The molecule has 1 saturated heterocycles. The standard InChI is InChI=1S/C12H21N5/c1-13-11-7-12(16-9-15-11)14-8-10-3-5-17(2)6-4-10/h7,9-10H,3-6,8H2,1-2H3,(H2,13,14,15,16). The van der Waals surface area contributed by atoms with Gasteiger partial charge in [0.15, 0.2) is 0 Å². The van der Waals surface area contributed by atoms with Gasteiger partial charge in [-0.2, -0.15) is 0 Å². The average molecular weight is 235 g/mol. The van der Waals surface area contributed by atoms with E-state index >= 15 is 0 Å². The summed E-state index contributed by atoms with van der Waals surface area (Å²) in [5.41, 5.74) is 0. The Morgan fingerprint density at radius 1 is 1.29 bits per heavy atom. The van der Waals surface area contributed by atoms with Gasteiger partial charge >= 0.3 is 0 Å². The third-order valence-corrected chi connectivity index (χ3v) is 3.33. The number of nitrogens with zero attached hydrogens (tertiary/aromatic N) is 3. The highest BCUT2D eigenvalue weighted by Crippen LogP contribution is 2.17. The lowest BCUT2D eigenvalue weighted by molar-refractivity contribution is 0.226. The van der Waals surface area contributed by atoms with Gasteiger partial charge < -0.3 is 15.5 Å². The molecule has 2 N–H and O–H groups in total. The third kappa shape index (κ3) is 3.56. The quantitative estimate of drug-likeness (QED) is 0.823. The van der Waals surface area contributed by atoms with Crippen LogP contribution in [0.4, 0.5) is 11.6 Å². The van der Waals surface area contributed by atoms with Crippen LogP contribution in [0.3, 0.4) is 0 Å². The first-order chi connectivity index (χ1) is 8.28. The largest absolute Gasteiger partial charge is 0.373 e. The van der Waals surface area contributed by atoms with E-state index < -0.39 is 0 Å². The van der Waals surface area contributed by atoms with Crippen molar-refractivity contribution < 1.29 is 0 Å². The topological polar surface area (TPSA) is 53.1 Å². The summed E-state index contributed by atoms with van der Waals surface area (Å²) < 4.78 is 0. The molecule has 1 aliphatic rings. The molecule has 0 saturated carbocycles. The molecule has 1 aromatic rings. The van der Waals surface area contributed by atoms with Crippen LogP contribution in [0.5, 0.6) is 0 Å². The van der Waals surface area contributed by atoms with Gasteiger partial charge in [-0.25, -0.2) is 9.97 Å². The Morgan fingerprint density at radius 3 is 2.71 bits per heavy atom. The number of rotatable bonds is 4. The highest BCUT2D eigenvalue weighted by molar-refractivity contribution is 5.45. The minimum absolute atomic E-state index is 0.763. The molecule has 94 valence electrons. The van der Waals surface area contributed by atoms with Crippen molar-refractivity contribution in [2.75, 3.05) is 44.4 Å². The monoisotopic (exact) mass is 235 g/mol. The molecule has 0 aliphatic carbocycles. The second-order valence-corrected chi connectivity index (χ2v) is 4.67. The maximum Gasteiger partial charge on any atom is 0.131 e. The Hall–Kier alpha value is -1.36. The summed E-state index contributed by atoms with van der Waals surface area (Å²) in [5.74, 6) is 2.52. The molecule has 0 unspecified atom stereocenters. The van der Waals surface area contributed by atoms with Crippen LogP contribution >= 0.6 is 0 Å². The van der Waals surface area contributed by atoms with Gasteiger partial charge in [0.05, 0.1) is 0 Å². The molecule has 0 bridgehead atoms. The van der Waals surface area contributed by atoms with Crippen LogP contribution in [0.25, 0.3) is 0 Å². The van der Waals surface area contributed by atoms with Gasteiger partial charge in [0.1, 0.15) is 18.0 Å². The maximum absolute atomic E-state index is 4.21. The van der Waals surface area contributed by atoms with Gasteiger partial charge in [-0.1, -0.05) is 0 Å². The number of piperidine rings is 1. The summed E-state index contributed by atoms with van der Waals surface area (Å²) in [6.45, 7) is 3.42. The van der Waals surface area contributed by atoms with E-state index in [1.54, 1.807) is 6.33 Å². The molecule has 17 heavy (non-hydrogen) atoms. The fourth-order valence-electron chi connectivity index (χ4n) is 2.11. The van der Waals surface area contributed by atoms with Crippen LogP contribution in [0.2, 0.25) is 0 Å². The molecule has 0 spiro atoms. The van der Waals surface area contributed by atoms with E-state index in [-0.39, 0.29) is 0 Å². The van der Waals surface area contributed by atoms with Gasteiger partial charge in [0.2, 0.25) is 0 Å². The Balaban J connectivity index is 1.81. The number of likely N-dealkylation sites (tertiary alicyclic amines) is 1. The van der Waals surface area contributed by atoms with Gasteiger partial charge in [-0.05, 0) is 38.9 Å². The highest BCUT2D eigenvalue weighted by atomic mass is 15.1. The Kier molecular flexibility index (Phi) is 4.14. The van der Waals surface area contributed by atoms with Crippen molar-refractivity contribution in [3.8, 4) is 0 Å². The second-order valence-electron chi connectivity index (χ2n) is 4.67. The lowest BCUT2D eigenvalue weighted by Crippen LogP contribution is -2.33. The predicted octanol–water partition coefficient (Wildman–Crippen LogP) is 1.27. The van der Waals surface area contributed by atoms with E-state index in [9.17, 15) is 0 Å². The van der Waals surface area contributed by atoms with E-state index in [0.29, 0.717) is 0 Å². The fourth-order valence-corrected chi connectivity index (χ4v) is 2.11. The van der Waals surface area contributed by atoms with Crippen molar-refractivity contribution in [2.24, 2.45) is 5.92 Å². The molecule has 1 aliphatic heterocycles. The summed E-state index contributed by atoms with van der Waals surface area (Å²) in [5, 5.41) is 6.41. The zero-order valence-corrected chi connectivity index (χ0v) is 10.6. The van der Waals surface area contributed by atoms with Crippen LogP contribution in [-0.2, 0) is 0 Å². The van der Waals surface area contributed by atoms with Crippen LogP contribution in [-0.4, -0.2) is 48.6 Å². The highest BCUT2D eigenvalue weighted by Gasteiger charge is 2.16. The molecule has 5 nitrogen and oxygen atoms in total. The summed E-state index contributed by atoms with van der Waals surface area (Å²) in [6.07, 6.45) is 4.13. The number of anilines is 2. The van der Waals surface area contributed by atoms with E-state index in [0.717, 1.165) is 24.1 Å². The summed E-state index contributed by atoms with van der Waals surface area (Å²) in [6, 6.07) is 1.94. The summed E-state index contributed by atoms with van der Waals surface area (Å²) >= 11 is 0. The maximum atomic E-state index is 4.21. The van der Waals surface area contributed by atoms with Crippen LogP contribution in [0, 0.1) is 5.92 Å². The average Bonchev–Trinajstić information content (AvgIpc) is 2.38. The minimum Gasteiger partial charge on any atom is -0.373 e. The lowest BCUT2D eigenvalue weighted by atomic mass is 9.97. The predicted molar refractivity (Wildman–Crippen MR) is 70.3 cm³/mol. The minimum atomic E-state index is 0.763. The van der Waals surface area contributed by atoms with Gasteiger partial charge in [-0.15, -0.1) is 0 Å². The van der Waals surface area contributed by atoms with E-state index in [1.807, 2.05) is 13.1 Å². The van der Waals surface area contributed by atoms with Gasteiger partial charge in [0.25, 0.3) is 0 Å². The van der Waals surface area contributed by atoms with Crippen molar-refractivity contribution in [3.05, 3.63) is 12.4 Å². The third-order valence-electron chi connectivity index (χ3n) is 3.33. The van der Waals surface area contributed by atoms with Crippen molar-refractivity contribution in [2.45, 2.75) is 12.8 Å². The van der Waals surface area contributed by atoms with E-state index in [2.05, 4.69) is 32.5 Å². The normalized spacial score (nSPS) is 18.0. The molecule has 1 aromatic heterocycles. The molecule has 5 heteroatoms. The van der Waals surface area contributed by atoms with Crippen LogP contribution < -0.4 is 10.6 Å². The first-order valence-electron chi connectivity index (χ1n) is 6.20. The number of nitrogens with one attached hydrogen (secondary N) is 2. The van der Waals surface area contributed by atoms with Crippen molar-refractivity contribution in [1.29, 1.82) is 0 Å². The van der Waals surface area contributed by atoms with Crippen molar-refractivity contribution >= 4 is 11.6 Å². The number of hydrogen-bond acceptors (Lipinski definition) is 5. The smallest absolute Gasteiger partial charge is 0.131 e. The second kappa shape index (κ2) is 5.82. The molecule has 1 fully saturated rings. The van der Waals surface area contributed by atoms with Gasteiger partial charge in [-0.3, -0.25) is 0 Å². The summed E-state index contributed by atoms with van der Waals surface area (Å²) in [4.78, 5) is 10.7.